The van der Waals surface area contributed by atoms with Crippen molar-refractivity contribution in [2.24, 2.45) is 5.92 Å². The van der Waals surface area contributed by atoms with E-state index in [-0.39, 0.29) is 11.8 Å². The average Bonchev–Trinajstić information content (AvgIpc) is 3.22. The summed E-state index contributed by atoms with van der Waals surface area (Å²) in [5.41, 5.74) is 2.98. The van der Waals surface area contributed by atoms with Crippen LogP contribution in [0, 0.1) is 19.8 Å². The Morgan fingerprint density at radius 2 is 1.85 bits per heavy atom. The summed E-state index contributed by atoms with van der Waals surface area (Å²) < 4.78 is 29.2. The second-order valence-electron chi connectivity index (χ2n) is 8.42. The predicted octanol–water partition coefficient (Wildman–Crippen LogP) is 4.24. The van der Waals surface area contributed by atoms with E-state index in [1.807, 2.05) is 44.2 Å². The number of benzene rings is 2. The van der Waals surface area contributed by atoms with Crippen molar-refractivity contribution in [1.82, 2.24) is 14.1 Å². The number of carbonyl (C=O) groups is 1. The third-order valence-corrected chi connectivity index (χ3v) is 8.26. The lowest BCUT2D eigenvalue weighted by atomic mass is 9.97. The van der Waals surface area contributed by atoms with Gasteiger partial charge < -0.3 is 5.32 Å². The summed E-state index contributed by atoms with van der Waals surface area (Å²) in [4.78, 5) is 13.2. The van der Waals surface area contributed by atoms with Crippen LogP contribution >= 0.6 is 11.6 Å². The smallest absolute Gasteiger partial charge is 0.243 e. The Kier molecular flexibility index (Phi) is 6.88. The minimum atomic E-state index is -3.57. The normalized spacial score (nSPS) is 15.5. The fourth-order valence-corrected chi connectivity index (χ4v) is 5.75. The highest BCUT2D eigenvalue weighted by Crippen LogP contribution is 2.26. The molecule has 9 heteroatoms. The minimum absolute atomic E-state index is 0.119. The number of hydrogen-bond acceptors (Lipinski definition) is 4. The molecule has 1 fully saturated rings. The predicted molar refractivity (Wildman–Crippen MR) is 129 cm³/mol. The highest BCUT2D eigenvalue weighted by molar-refractivity contribution is 7.89. The van der Waals surface area contributed by atoms with Gasteiger partial charge in [0.1, 0.15) is 5.82 Å². The van der Waals surface area contributed by atoms with Crippen LogP contribution in [0.2, 0.25) is 5.02 Å². The van der Waals surface area contributed by atoms with E-state index < -0.39 is 10.0 Å². The molecule has 2 aromatic carbocycles. The van der Waals surface area contributed by atoms with E-state index in [0.29, 0.717) is 48.2 Å². The Labute approximate surface area is 199 Å². The van der Waals surface area contributed by atoms with Crippen molar-refractivity contribution in [2.45, 2.75) is 38.1 Å². The van der Waals surface area contributed by atoms with Gasteiger partial charge in [0, 0.05) is 30.1 Å². The fourth-order valence-electron chi connectivity index (χ4n) is 3.98. The Balaban J connectivity index is 1.37. The minimum Gasteiger partial charge on any atom is -0.311 e. The van der Waals surface area contributed by atoms with Gasteiger partial charge in [-0.1, -0.05) is 29.8 Å². The van der Waals surface area contributed by atoms with Crippen LogP contribution < -0.4 is 5.32 Å². The van der Waals surface area contributed by atoms with Crippen LogP contribution in [0.15, 0.2) is 59.6 Å². The third-order valence-electron chi connectivity index (χ3n) is 6.13. The molecule has 0 atom stereocenters. The maximum atomic E-state index is 13.0. The highest BCUT2D eigenvalue weighted by Gasteiger charge is 2.32. The number of aryl methyl sites for hydroxylation is 2. The molecule has 1 N–H and O–H groups in total. The quantitative estimate of drug-likeness (QED) is 0.564. The maximum Gasteiger partial charge on any atom is 0.243 e. The van der Waals surface area contributed by atoms with Gasteiger partial charge in [0.05, 0.1) is 17.6 Å². The number of rotatable bonds is 6. The first-order chi connectivity index (χ1) is 15.7. The summed E-state index contributed by atoms with van der Waals surface area (Å²) >= 11 is 6.06. The number of halogens is 1. The van der Waals surface area contributed by atoms with Crippen LogP contribution in [-0.2, 0) is 21.4 Å². The standard InChI is InChI=1S/C24H27ClN4O3S/c1-17-6-7-22(14-18(17)2)33(31,32)28-12-9-20(10-13-28)24(30)27-23-8-11-26-29(23)16-19-4-3-5-21(25)15-19/h3-8,11,14-15,20H,9-10,12-13,16H2,1-2H3,(H,27,30). The number of hydrogen-bond donors (Lipinski definition) is 1. The molecule has 0 saturated carbocycles. The summed E-state index contributed by atoms with van der Waals surface area (Å²) in [6.07, 6.45) is 2.58. The first-order valence-corrected chi connectivity index (χ1v) is 12.7. The number of nitrogens with zero attached hydrogens (tertiary/aromatic N) is 3. The van der Waals surface area contributed by atoms with Crippen molar-refractivity contribution in [3.8, 4) is 0 Å². The van der Waals surface area contributed by atoms with Gasteiger partial charge in [0.2, 0.25) is 15.9 Å². The molecule has 7 nitrogen and oxygen atoms in total. The van der Waals surface area contributed by atoms with Gasteiger partial charge in [-0.25, -0.2) is 13.1 Å². The molecule has 1 aliphatic rings. The Hall–Kier alpha value is -2.68. The van der Waals surface area contributed by atoms with E-state index in [2.05, 4.69) is 10.4 Å². The second kappa shape index (κ2) is 9.67. The first-order valence-electron chi connectivity index (χ1n) is 10.9. The van der Waals surface area contributed by atoms with Crippen molar-refractivity contribution in [1.29, 1.82) is 0 Å². The van der Waals surface area contributed by atoms with Crippen LogP contribution in [0.3, 0.4) is 0 Å². The van der Waals surface area contributed by atoms with Crippen LogP contribution in [-0.4, -0.2) is 41.5 Å². The Bertz CT molecular complexity index is 1260. The van der Waals surface area contributed by atoms with Gasteiger partial charge in [-0.15, -0.1) is 0 Å². The SMILES string of the molecule is Cc1ccc(S(=O)(=O)N2CCC(C(=O)Nc3ccnn3Cc3cccc(Cl)c3)CC2)cc1C. The molecule has 1 amide bonds. The zero-order valence-corrected chi connectivity index (χ0v) is 20.2. The van der Waals surface area contributed by atoms with Crippen LogP contribution in [0.4, 0.5) is 5.82 Å². The van der Waals surface area contributed by atoms with Gasteiger partial charge in [0.15, 0.2) is 0 Å². The Morgan fingerprint density at radius 1 is 1.09 bits per heavy atom. The monoisotopic (exact) mass is 486 g/mol. The van der Waals surface area contributed by atoms with Crippen molar-refractivity contribution in [3.63, 3.8) is 0 Å². The fraction of sp³-hybridized carbons (Fsp3) is 0.333. The lowest BCUT2D eigenvalue weighted by Gasteiger charge is -2.30. The van der Waals surface area contributed by atoms with Crippen LogP contribution in [0.5, 0.6) is 0 Å². The molecule has 4 rings (SSSR count). The number of sulfonamides is 1. The molecule has 1 aromatic heterocycles. The number of piperidine rings is 1. The van der Waals surface area contributed by atoms with Gasteiger partial charge in [-0.3, -0.25) is 4.79 Å². The maximum absolute atomic E-state index is 13.0. The molecular weight excluding hydrogens is 460 g/mol. The molecule has 0 spiro atoms. The highest BCUT2D eigenvalue weighted by atomic mass is 35.5. The molecule has 0 bridgehead atoms. The largest absolute Gasteiger partial charge is 0.311 e. The number of aromatic nitrogens is 2. The average molecular weight is 487 g/mol. The van der Waals surface area contributed by atoms with E-state index >= 15 is 0 Å². The van der Waals surface area contributed by atoms with Crippen molar-refractivity contribution >= 4 is 33.3 Å². The first kappa shape index (κ1) is 23.5. The van der Waals surface area contributed by atoms with Crippen LogP contribution in [0.1, 0.15) is 29.5 Å². The topological polar surface area (TPSA) is 84.3 Å². The molecular formula is C24H27ClN4O3S. The van der Waals surface area contributed by atoms with Crippen LogP contribution in [0.25, 0.3) is 0 Å². The molecule has 1 aliphatic heterocycles. The number of anilines is 1. The molecule has 174 valence electrons. The van der Waals surface area contributed by atoms with E-state index in [9.17, 15) is 13.2 Å². The third kappa shape index (κ3) is 5.29. The lowest BCUT2D eigenvalue weighted by Crippen LogP contribution is -2.41. The van der Waals surface area contributed by atoms with E-state index in [4.69, 9.17) is 11.6 Å². The molecule has 33 heavy (non-hydrogen) atoms. The number of nitrogens with one attached hydrogen (secondary N) is 1. The van der Waals surface area contributed by atoms with Gasteiger partial charge in [0.25, 0.3) is 0 Å². The van der Waals surface area contributed by atoms with Crippen molar-refractivity contribution in [2.75, 3.05) is 18.4 Å². The van der Waals surface area contributed by atoms with Crippen molar-refractivity contribution in [3.05, 3.63) is 76.4 Å². The molecule has 0 unspecified atom stereocenters. The lowest BCUT2D eigenvalue weighted by molar-refractivity contribution is -0.121. The summed E-state index contributed by atoms with van der Waals surface area (Å²) in [5, 5.41) is 7.90. The van der Waals surface area contributed by atoms with E-state index in [0.717, 1.165) is 16.7 Å². The number of amides is 1. The zero-order valence-electron chi connectivity index (χ0n) is 18.7. The van der Waals surface area contributed by atoms with E-state index in [1.54, 1.807) is 29.1 Å². The Morgan fingerprint density at radius 3 is 2.55 bits per heavy atom. The summed E-state index contributed by atoms with van der Waals surface area (Å²) in [5.74, 6) is 0.224. The molecule has 3 aromatic rings. The zero-order chi connectivity index (χ0) is 23.6. The second-order valence-corrected chi connectivity index (χ2v) is 10.8. The van der Waals surface area contributed by atoms with Gasteiger partial charge in [-0.2, -0.15) is 9.40 Å². The summed E-state index contributed by atoms with van der Waals surface area (Å²) in [6, 6.07) is 14.4. The molecule has 0 aliphatic carbocycles. The molecule has 2 heterocycles. The van der Waals surface area contributed by atoms with E-state index in [1.165, 1.54) is 4.31 Å². The summed E-state index contributed by atoms with van der Waals surface area (Å²) in [6.45, 7) is 4.97. The van der Waals surface area contributed by atoms with Crippen molar-refractivity contribution < 1.29 is 13.2 Å². The van der Waals surface area contributed by atoms with Gasteiger partial charge in [-0.05, 0) is 67.6 Å². The molecule has 1 saturated heterocycles. The molecule has 0 radical (unpaired) electrons. The summed E-state index contributed by atoms with van der Waals surface area (Å²) in [7, 11) is -3.57. The van der Waals surface area contributed by atoms with Gasteiger partial charge >= 0.3 is 0 Å². The number of carbonyl (C=O) groups excluding carboxylic acids is 1.